The first-order valence-corrected chi connectivity index (χ1v) is 13.9. The molecule has 3 aliphatic carbocycles. The molecule has 2 aromatic rings. The Kier molecular flexibility index (Phi) is 7.82. The summed E-state index contributed by atoms with van der Waals surface area (Å²) in [4.78, 5) is 47.1. The third-order valence-corrected chi connectivity index (χ3v) is 9.34. The number of nitrogens with one attached hydrogen (secondary N) is 1. The zero-order valence-electron chi connectivity index (χ0n) is 23.5. The molecule has 1 aliphatic heterocycles. The van der Waals surface area contributed by atoms with Crippen molar-refractivity contribution in [2.75, 3.05) is 13.7 Å². The van der Waals surface area contributed by atoms with Crippen molar-refractivity contribution in [3.05, 3.63) is 59.7 Å². The van der Waals surface area contributed by atoms with E-state index in [1.807, 2.05) is 18.2 Å². The maximum Gasteiger partial charge on any atom is 0.481 e. The van der Waals surface area contributed by atoms with Crippen LogP contribution in [0.2, 0.25) is 0 Å². The van der Waals surface area contributed by atoms with Crippen LogP contribution in [-0.2, 0) is 18.8 Å². The average molecular weight is 548 g/mol. The van der Waals surface area contributed by atoms with Crippen LogP contribution in [0.3, 0.4) is 0 Å². The molecule has 0 spiro atoms. The Hall–Kier alpha value is -3.15. The Morgan fingerprint density at radius 1 is 1.15 bits per heavy atom. The van der Waals surface area contributed by atoms with Gasteiger partial charge in [-0.15, -0.1) is 0 Å². The van der Waals surface area contributed by atoms with Crippen molar-refractivity contribution in [2.24, 2.45) is 23.0 Å². The van der Waals surface area contributed by atoms with E-state index in [2.05, 4.69) is 36.1 Å². The third-order valence-electron chi connectivity index (χ3n) is 9.34. The number of ether oxygens (including phenoxy) is 1. The number of primary amides is 1. The van der Waals surface area contributed by atoms with Gasteiger partial charge in [0.1, 0.15) is 11.6 Å². The lowest BCUT2D eigenvalue weighted by Crippen LogP contribution is -2.65. The molecule has 4 aliphatic rings. The molecular weight excluding hydrogens is 511 g/mol. The van der Waals surface area contributed by atoms with Crippen molar-refractivity contribution in [2.45, 2.75) is 70.0 Å². The van der Waals surface area contributed by atoms with Crippen LogP contribution in [-0.4, -0.2) is 66.0 Å². The maximum atomic E-state index is 13.8. The van der Waals surface area contributed by atoms with E-state index < -0.39 is 36.4 Å². The van der Waals surface area contributed by atoms with Gasteiger partial charge in [0.05, 0.1) is 29.9 Å². The van der Waals surface area contributed by atoms with Crippen LogP contribution in [0.15, 0.2) is 42.7 Å². The molecule has 212 valence electrons. The van der Waals surface area contributed by atoms with Crippen molar-refractivity contribution in [3.63, 3.8) is 0 Å². The summed E-state index contributed by atoms with van der Waals surface area (Å²) >= 11 is 0. The minimum atomic E-state index is -0.959. The van der Waals surface area contributed by atoms with Crippen molar-refractivity contribution < 1.29 is 28.4 Å². The number of nitrogens with two attached hydrogens (primary N) is 1. The molecule has 4 fully saturated rings. The van der Waals surface area contributed by atoms with Gasteiger partial charge in [-0.3, -0.25) is 19.4 Å². The number of benzene rings is 1. The number of carbonyl (C=O) groups excluding carboxylic acids is 3. The Balaban J connectivity index is 1.39. The Morgan fingerprint density at radius 3 is 2.55 bits per heavy atom. The molecule has 6 rings (SSSR count). The van der Waals surface area contributed by atoms with Gasteiger partial charge in [0, 0.05) is 31.5 Å². The number of methoxy groups -OCH3 is 1. The third kappa shape index (κ3) is 5.06. The summed E-state index contributed by atoms with van der Waals surface area (Å²) in [6, 6.07) is 9.05. The number of ketones is 1. The molecule has 6 atom stereocenters. The fourth-order valence-corrected chi connectivity index (χ4v) is 6.92. The number of carbonyl (C=O) groups is 3. The molecule has 10 nitrogen and oxygen atoms in total. The van der Waals surface area contributed by atoms with E-state index in [4.69, 9.17) is 19.8 Å². The summed E-state index contributed by atoms with van der Waals surface area (Å²) < 4.78 is 18.5. The van der Waals surface area contributed by atoms with Crippen LogP contribution in [0.1, 0.15) is 78.9 Å². The molecule has 1 saturated heterocycles. The monoisotopic (exact) mass is 548 g/mol. The van der Waals surface area contributed by atoms with E-state index in [9.17, 15) is 14.4 Å². The van der Waals surface area contributed by atoms with E-state index in [1.165, 1.54) is 19.5 Å². The number of nitrogens with zero attached hydrogens (tertiary/aromatic N) is 2. The molecule has 2 heterocycles. The van der Waals surface area contributed by atoms with E-state index in [0.29, 0.717) is 23.8 Å². The molecule has 3 saturated carbocycles. The van der Waals surface area contributed by atoms with E-state index in [-0.39, 0.29) is 41.7 Å². The van der Waals surface area contributed by atoms with Gasteiger partial charge in [0.2, 0.25) is 5.91 Å². The fraction of sp³-hybridized carbons (Fsp3) is 0.552. The molecule has 3 N–H and O–H groups in total. The molecule has 0 unspecified atom stereocenters. The summed E-state index contributed by atoms with van der Waals surface area (Å²) in [5, 5.41) is 3.05. The average Bonchev–Trinajstić information content (AvgIpc) is 3.31. The smallest absolute Gasteiger partial charge is 0.404 e. The Labute approximate surface area is 234 Å². The summed E-state index contributed by atoms with van der Waals surface area (Å²) in [7, 11) is 0.720. The van der Waals surface area contributed by atoms with Gasteiger partial charge in [-0.25, -0.2) is 4.98 Å². The molecule has 40 heavy (non-hydrogen) atoms. The number of rotatable bonds is 11. The first-order chi connectivity index (χ1) is 19.1. The minimum absolute atomic E-state index is 0.0387. The van der Waals surface area contributed by atoms with E-state index in [1.54, 1.807) is 12.1 Å². The second kappa shape index (κ2) is 11.0. The van der Waals surface area contributed by atoms with Crippen LogP contribution in [0, 0.1) is 17.3 Å². The zero-order chi connectivity index (χ0) is 28.7. The number of hydrogen-bond acceptors (Lipinski definition) is 8. The van der Waals surface area contributed by atoms with Crippen LogP contribution in [0.25, 0.3) is 0 Å². The molecule has 2 bridgehead atoms. The number of amides is 2. The highest BCUT2D eigenvalue weighted by Gasteiger charge is 2.68. The lowest BCUT2D eigenvalue weighted by Gasteiger charge is -2.64. The van der Waals surface area contributed by atoms with Gasteiger partial charge in [0.25, 0.3) is 5.91 Å². The predicted octanol–water partition coefficient (Wildman–Crippen LogP) is 2.72. The number of hydrogen-bond donors (Lipinski definition) is 2. The van der Waals surface area contributed by atoms with Crippen LogP contribution >= 0.6 is 0 Å². The second-order valence-corrected chi connectivity index (χ2v) is 11.9. The summed E-state index contributed by atoms with van der Waals surface area (Å²) in [6.45, 7) is 6.63. The van der Waals surface area contributed by atoms with Crippen LogP contribution in [0.4, 0.5) is 0 Å². The number of aromatic nitrogens is 2. The van der Waals surface area contributed by atoms with Crippen molar-refractivity contribution in [3.8, 4) is 0 Å². The first-order valence-electron chi connectivity index (χ1n) is 13.9. The minimum Gasteiger partial charge on any atom is -0.404 e. The van der Waals surface area contributed by atoms with Gasteiger partial charge in [0.15, 0.2) is 5.78 Å². The van der Waals surface area contributed by atoms with Gasteiger partial charge < -0.3 is 25.1 Å². The highest BCUT2D eigenvalue weighted by molar-refractivity contribution is 6.48. The highest BCUT2D eigenvalue weighted by atomic mass is 16.7. The topological polar surface area (TPSA) is 143 Å². The normalized spacial score (nSPS) is 27.7. The number of Topliss-reactive ketones (excluding diaryl/α,β-unsaturated/α-hetero) is 1. The largest absolute Gasteiger partial charge is 0.481 e. The molecule has 1 aromatic heterocycles. The van der Waals surface area contributed by atoms with Crippen molar-refractivity contribution in [1.29, 1.82) is 0 Å². The first kappa shape index (κ1) is 28.4. The zero-order valence-corrected chi connectivity index (χ0v) is 23.5. The maximum absolute atomic E-state index is 13.8. The van der Waals surface area contributed by atoms with Gasteiger partial charge in [-0.2, -0.15) is 0 Å². The van der Waals surface area contributed by atoms with Crippen LogP contribution < -0.4 is 11.1 Å². The quantitative estimate of drug-likeness (QED) is 0.323. The summed E-state index contributed by atoms with van der Waals surface area (Å²) in [6.07, 6.45) is 5.13. The predicted molar refractivity (Wildman–Crippen MR) is 147 cm³/mol. The fourth-order valence-electron chi connectivity index (χ4n) is 6.92. The van der Waals surface area contributed by atoms with Crippen LogP contribution in [0.5, 0.6) is 0 Å². The van der Waals surface area contributed by atoms with Gasteiger partial charge in [-0.05, 0) is 43.4 Å². The van der Waals surface area contributed by atoms with Crippen molar-refractivity contribution >= 4 is 24.7 Å². The summed E-state index contributed by atoms with van der Waals surface area (Å²) in [5.74, 6) is -1.95. The highest BCUT2D eigenvalue weighted by Crippen LogP contribution is 2.65. The Bertz CT molecular complexity index is 1280. The van der Waals surface area contributed by atoms with Crippen molar-refractivity contribution in [1.82, 2.24) is 15.3 Å². The lowest BCUT2D eigenvalue weighted by molar-refractivity contribution is -0.199. The second-order valence-electron chi connectivity index (χ2n) is 11.9. The molecule has 11 heteroatoms. The van der Waals surface area contributed by atoms with E-state index >= 15 is 0 Å². The summed E-state index contributed by atoms with van der Waals surface area (Å²) in [5.41, 5.74) is 5.83. The van der Waals surface area contributed by atoms with Gasteiger partial charge >= 0.3 is 7.12 Å². The Morgan fingerprint density at radius 2 is 1.88 bits per heavy atom. The molecule has 1 aromatic carbocycles. The molecule has 0 radical (unpaired) electrons. The van der Waals surface area contributed by atoms with Gasteiger partial charge in [-0.1, -0.05) is 44.2 Å². The standard InChI is InChI=1S/C29H37BN4O6/c1-28(2)18-14-21(28)29(3)22(15-18)39-30(40-29)23(11-10-20(35)17-8-6-5-7-9-17)34-27(37)19(16-38-4)24-25(26(31)36)33-13-12-32-24/h5-9,12-13,18-19,21-23H,10-11,14-16H2,1-4H3,(H2,31,36)(H,34,37)/t18-,19-,21-,22+,23-,29-/m0/s1. The SMILES string of the molecule is COC[C@H](C(=O)N[C@@H](CCC(=O)c1ccccc1)B1O[C@@H]2C[C@@H]3C[C@@H](C3(C)C)[C@]2(C)O1)c1nccnc1C(N)=O. The molecular formula is C29H37BN4O6. The molecule has 2 amide bonds. The lowest BCUT2D eigenvalue weighted by atomic mass is 9.43. The van der Waals surface area contributed by atoms with E-state index in [0.717, 1.165) is 12.8 Å².